The van der Waals surface area contributed by atoms with Crippen molar-refractivity contribution < 1.29 is 19.0 Å². The van der Waals surface area contributed by atoms with Crippen molar-refractivity contribution in [3.8, 4) is 17.2 Å². The molecule has 0 saturated heterocycles. The summed E-state index contributed by atoms with van der Waals surface area (Å²) in [6, 6.07) is 12.5. The minimum atomic E-state index is -0.162. The number of rotatable bonds is 9. The van der Waals surface area contributed by atoms with E-state index in [1.165, 1.54) is 11.1 Å². The molecule has 1 aliphatic rings. The first kappa shape index (κ1) is 22.9. The van der Waals surface area contributed by atoms with Crippen LogP contribution >= 0.6 is 0 Å². The van der Waals surface area contributed by atoms with Crippen molar-refractivity contribution in [2.45, 2.75) is 45.2 Å². The van der Waals surface area contributed by atoms with Crippen LogP contribution in [0.1, 0.15) is 54.2 Å². The van der Waals surface area contributed by atoms with Gasteiger partial charge in [-0.3, -0.25) is 9.69 Å². The van der Waals surface area contributed by atoms with Gasteiger partial charge in [0.15, 0.2) is 11.5 Å². The standard InChI is InChI=1S/C25H34N2O4/c1-6-7-12-27-17(2)13-18-10-8-9-11-20(18)21(27)16-26-25(28)19-14-22(29-3)24(31-5)23(15-19)30-4/h8-11,14-15,17,21H,6-7,12-13,16H2,1-5H3,(H,26,28). The maximum absolute atomic E-state index is 13.1. The molecule has 3 rings (SSSR count). The molecule has 0 fully saturated rings. The number of hydrogen-bond acceptors (Lipinski definition) is 5. The number of hydrogen-bond donors (Lipinski definition) is 1. The van der Waals surface area contributed by atoms with Crippen molar-refractivity contribution in [2.75, 3.05) is 34.4 Å². The highest BCUT2D eigenvalue weighted by molar-refractivity contribution is 5.95. The number of carbonyl (C=O) groups is 1. The summed E-state index contributed by atoms with van der Waals surface area (Å²) in [6.07, 6.45) is 3.33. The smallest absolute Gasteiger partial charge is 0.251 e. The predicted molar refractivity (Wildman–Crippen MR) is 122 cm³/mol. The number of methoxy groups -OCH3 is 3. The number of ether oxygens (including phenoxy) is 3. The highest BCUT2D eigenvalue weighted by atomic mass is 16.5. The lowest BCUT2D eigenvalue weighted by atomic mass is 9.88. The third-order valence-electron chi connectivity index (χ3n) is 6.05. The van der Waals surface area contributed by atoms with Crippen molar-refractivity contribution in [3.63, 3.8) is 0 Å². The lowest BCUT2D eigenvalue weighted by molar-refractivity contribution is 0.0893. The lowest BCUT2D eigenvalue weighted by Gasteiger charge is -2.42. The van der Waals surface area contributed by atoms with E-state index < -0.39 is 0 Å². The van der Waals surface area contributed by atoms with E-state index in [-0.39, 0.29) is 11.9 Å². The number of nitrogens with zero attached hydrogens (tertiary/aromatic N) is 1. The average Bonchev–Trinajstić information content (AvgIpc) is 2.80. The maximum Gasteiger partial charge on any atom is 0.251 e. The fraction of sp³-hybridized carbons (Fsp3) is 0.480. The third kappa shape index (κ3) is 4.96. The zero-order valence-corrected chi connectivity index (χ0v) is 19.2. The van der Waals surface area contributed by atoms with Crippen molar-refractivity contribution in [1.82, 2.24) is 10.2 Å². The largest absolute Gasteiger partial charge is 0.493 e. The first-order valence-corrected chi connectivity index (χ1v) is 11.0. The van der Waals surface area contributed by atoms with E-state index in [4.69, 9.17) is 14.2 Å². The Bertz CT molecular complexity index is 874. The summed E-state index contributed by atoms with van der Waals surface area (Å²) in [7, 11) is 4.64. The van der Waals surface area contributed by atoms with Gasteiger partial charge in [0, 0.05) is 18.2 Å². The molecule has 1 aliphatic heterocycles. The molecule has 2 aromatic carbocycles. The Hall–Kier alpha value is -2.73. The number of fused-ring (bicyclic) bond motifs is 1. The number of carbonyl (C=O) groups excluding carboxylic acids is 1. The van der Waals surface area contributed by atoms with Crippen LogP contribution in [0.3, 0.4) is 0 Å². The minimum Gasteiger partial charge on any atom is -0.493 e. The van der Waals surface area contributed by atoms with Gasteiger partial charge in [-0.05, 0) is 49.6 Å². The predicted octanol–water partition coefficient (Wildman–Crippen LogP) is 4.23. The van der Waals surface area contributed by atoms with Gasteiger partial charge in [0.1, 0.15) is 0 Å². The summed E-state index contributed by atoms with van der Waals surface area (Å²) in [5.41, 5.74) is 3.16. The van der Waals surface area contributed by atoms with Crippen LogP contribution in [0.25, 0.3) is 0 Å². The van der Waals surface area contributed by atoms with Crippen LogP contribution in [0.2, 0.25) is 0 Å². The van der Waals surface area contributed by atoms with Gasteiger partial charge in [-0.1, -0.05) is 37.6 Å². The Morgan fingerprint density at radius 1 is 1.10 bits per heavy atom. The van der Waals surface area contributed by atoms with Crippen molar-refractivity contribution in [1.29, 1.82) is 0 Å². The third-order valence-corrected chi connectivity index (χ3v) is 6.05. The van der Waals surface area contributed by atoms with E-state index in [9.17, 15) is 4.79 Å². The fourth-order valence-corrected chi connectivity index (χ4v) is 4.41. The molecule has 1 N–H and O–H groups in total. The monoisotopic (exact) mass is 426 g/mol. The number of benzene rings is 2. The van der Waals surface area contributed by atoms with Gasteiger partial charge < -0.3 is 19.5 Å². The zero-order valence-electron chi connectivity index (χ0n) is 19.2. The molecule has 2 atom stereocenters. The number of unbranched alkanes of at least 4 members (excludes halogenated alkanes) is 1. The molecule has 6 nitrogen and oxygen atoms in total. The van der Waals surface area contributed by atoms with Gasteiger partial charge in [-0.15, -0.1) is 0 Å². The van der Waals surface area contributed by atoms with Crippen LogP contribution in [0.4, 0.5) is 0 Å². The van der Waals surface area contributed by atoms with Crippen LogP contribution < -0.4 is 19.5 Å². The zero-order chi connectivity index (χ0) is 22.4. The molecule has 0 aromatic heterocycles. The molecule has 2 unspecified atom stereocenters. The normalized spacial score (nSPS) is 18.2. The Morgan fingerprint density at radius 2 is 1.77 bits per heavy atom. The molecule has 2 aromatic rings. The minimum absolute atomic E-state index is 0.150. The summed E-state index contributed by atoms with van der Waals surface area (Å²) in [4.78, 5) is 15.6. The van der Waals surface area contributed by atoms with Gasteiger partial charge in [-0.2, -0.15) is 0 Å². The van der Waals surface area contributed by atoms with E-state index >= 15 is 0 Å². The lowest BCUT2D eigenvalue weighted by Crippen LogP contribution is -2.47. The van der Waals surface area contributed by atoms with Gasteiger partial charge in [-0.25, -0.2) is 0 Å². The second kappa shape index (κ2) is 10.5. The topological polar surface area (TPSA) is 60.0 Å². The summed E-state index contributed by atoms with van der Waals surface area (Å²) in [6.45, 7) is 6.06. The fourth-order valence-electron chi connectivity index (χ4n) is 4.41. The van der Waals surface area contributed by atoms with Crippen LogP contribution in [0.15, 0.2) is 36.4 Å². The van der Waals surface area contributed by atoms with E-state index in [0.717, 1.165) is 25.8 Å². The van der Waals surface area contributed by atoms with Crippen LogP contribution in [0.5, 0.6) is 17.2 Å². The molecule has 0 aliphatic carbocycles. The summed E-state index contributed by atoms with van der Waals surface area (Å²) < 4.78 is 16.1. The van der Waals surface area contributed by atoms with Crippen molar-refractivity contribution in [2.24, 2.45) is 0 Å². The van der Waals surface area contributed by atoms with E-state index in [1.54, 1.807) is 33.5 Å². The van der Waals surface area contributed by atoms with Gasteiger partial charge in [0.2, 0.25) is 5.75 Å². The molecule has 1 heterocycles. The number of nitrogens with one attached hydrogen (secondary N) is 1. The Kier molecular flexibility index (Phi) is 7.80. The van der Waals surface area contributed by atoms with Crippen molar-refractivity contribution in [3.05, 3.63) is 53.1 Å². The highest BCUT2D eigenvalue weighted by Gasteiger charge is 2.31. The van der Waals surface area contributed by atoms with Crippen LogP contribution in [0, 0.1) is 0 Å². The highest BCUT2D eigenvalue weighted by Crippen LogP contribution is 2.38. The first-order chi connectivity index (χ1) is 15.0. The molecule has 168 valence electrons. The second-order valence-corrected chi connectivity index (χ2v) is 7.98. The molecule has 31 heavy (non-hydrogen) atoms. The summed E-state index contributed by atoms with van der Waals surface area (Å²) >= 11 is 0. The van der Waals surface area contributed by atoms with E-state index in [2.05, 4.69) is 48.3 Å². The Labute approximate surface area is 185 Å². The average molecular weight is 427 g/mol. The molecule has 0 radical (unpaired) electrons. The molecular formula is C25H34N2O4. The molecule has 1 amide bonds. The van der Waals surface area contributed by atoms with Crippen molar-refractivity contribution >= 4 is 5.91 Å². The molecular weight excluding hydrogens is 392 g/mol. The van der Waals surface area contributed by atoms with Crippen LogP contribution in [-0.4, -0.2) is 51.3 Å². The maximum atomic E-state index is 13.1. The second-order valence-electron chi connectivity index (χ2n) is 7.98. The summed E-state index contributed by atoms with van der Waals surface area (Å²) in [5, 5.41) is 3.14. The molecule has 6 heteroatoms. The molecule has 0 saturated carbocycles. The Balaban J connectivity index is 1.83. The SMILES string of the molecule is CCCCN1C(C)Cc2ccccc2C1CNC(=O)c1cc(OC)c(OC)c(OC)c1. The molecule has 0 bridgehead atoms. The van der Waals surface area contributed by atoms with E-state index in [1.807, 2.05) is 0 Å². The summed E-state index contributed by atoms with van der Waals surface area (Å²) in [5.74, 6) is 1.24. The Morgan fingerprint density at radius 3 is 2.39 bits per heavy atom. The van der Waals surface area contributed by atoms with Crippen LogP contribution in [-0.2, 0) is 6.42 Å². The number of amides is 1. The van der Waals surface area contributed by atoms with Gasteiger partial charge in [0.05, 0.1) is 27.4 Å². The quantitative estimate of drug-likeness (QED) is 0.650. The van der Waals surface area contributed by atoms with E-state index in [0.29, 0.717) is 35.4 Å². The van der Waals surface area contributed by atoms with Gasteiger partial charge >= 0.3 is 0 Å². The van der Waals surface area contributed by atoms with Gasteiger partial charge in [0.25, 0.3) is 5.91 Å². The first-order valence-electron chi connectivity index (χ1n) is 11.0. The molecule has 0 spiro atoms.